The summed E-state index contributed by atoms with van der Waals surface area (Å²) < 4.78 is 67.0. The first-order chi connectivity index (χ1) is 40.8. The monoisotopic (exact) mass is 1120 g/mol. The quantitative estimate of drug-likeness (QED) is 0.0472. The summed E-state index contributed by atoms with van der Waals surface area (Å²) in [6.07, 6.45) is -16.4. The molecule has 11 atom stereocenters. The molecule has 2 fully saturated rings. The maximum atomic E-state index is 14.7. The fraction of sp³-hybridized carbons (Fsp3) is 0.235. The van der Waals surface area contributed by atoms with E-state index in [0.29, 0.717) is 0 Å². The first-order valence-electron chi connectivity index (χ1n) is 27.4. The molecule has 0 aromatic heterocycles. The molecule has 2 aliphatic rings. The smallest absolute Gasteiger partial charge is 0.338 e. The Bertz CT molecular complexity index is 3270. The number of ether oxygens (including phenoxy) is 10. The van der Waals surface area contributed by atoms with Crippen molar-refractivity contribution >= 4 is 23.9 Å². The summed E-state index contributed by atoms with van der Waals surface area (Å²) in [5.41, 5.74) is 3.69. The van der Waals surface area contributed by atoms with Crippen LogP contribution in [0.1, 0.15) is 63.7 Å². The molecule has 424 valence electrons. The number of aliphatic hydroxyl groups is 1. The molecule has 15 heteroatoms. The second kappa shape index (κ2) is 28.9. The molecular formula is C68H62O15. The zero-order valence-electron chi connectivity index (χ0n) is 45.1. The lowest BCUT2D eigenvalue weighted by Crippen LogP contribution is -2.69. The first kappa shape index (κ1) is 57.6. The highest BCUT2D eigenvalue weighted by molar-refractivity contribution is 5.91. The van der Waals surface area contributed by atoms with Crippen LogP contribution in [0.2, 0.25) is 0 Å². The number of esters is 4. The summed E-state index contributed by atoms with van der Waals surface area (Å²) in [4.78, 5) is 57.6. The minimum absolute atomic E-state index is 0.00565. The van der Waals surface area contributed by atoms with Gasteiger partial charge < -0.3 is 52.5 Å². The van der Waals surface area contributed by atoms with Crippen LogP contribution in [0, 0.1) is 0 Å². The van der Waals surface area contributed by atoms with E-state index in [0.717, 1.165) is 22.3 Å². The molecule has 8 aromatic carbocycles. The van der Waals surface area contributed by atoms with E-state index in [1.807, 2.05) is 121 Å². The van der Waals surface area contributed by atoms with Crippen molar-refractivity contribution in [2.24, 2.45) is 0 Å². The van der Waals surface area contributed by atoms with E-state index in [1.165, 1.54) is 36.4 Å². The van der Waals surface area contributed by atoms with Crippen molar-refractivity contribution in [1.82, 2.24) is 0 Å². The van der Waals surface area contributed by atoms with E-state index in [1.54, 1.807) is 84.9 Å². The molecular weight excluding hydrogens is 1060 g/mol. The molecule has 10 rings (SSSR count). The van der Waals surface area contributed by atoms with Gasteiger partial charge in [-0.15, -0.1) is 0 Å². The average molecular weight is 1120 g/mol. The molecule has 0 unspecified atom stereocenters. The molecule has 1 saturated carbocycles. The van der Waals surface area contributed by atoms with Crippen molar-refractivity contribution in [3.8, 4) is 0 Å². The Morgan fingerprint density at radius 2 is 0.614 bits per heavy atom. The number of rotatable bonds is 23. The fourth-order valence-electron chi connectivity index (χ4n) is 9.92. The number of benzene rings is 8. The van der Waals surface area contributed by atoms with E-state index in [2.05, 4.69) is 0 Å². The molecule has 0 amide bonds. The lowest BCUT2D eigenvalue weighted by molar-refractivity contribution is -0.348. The molecule has 8 aromatic rings. The van der Waals surface area contributed by atoms with Crippen LogP contribution < -0.4 is 0 Å². The summed E-state index contributed by atoms with van der Waals surface area (Å²) in [5, 5.41) is 13.1. The molecule has 0 radical (unpaired) electrons. The van der Waals surface area contributed by atoms with Gasteiger partial charge in [0, 0.05) is 0 Å². The van der Waals surface area contributed by atoms with Gasteiger partial charge in [-0.05, 0) is 70.8 Å². The van der Waals surface area contributed by atoms with Gasteiger partial charge in [-0.2, -0.15) is 0 Å². The normalized spacial score (nSPS) is 23.0. The topological polar surface area (TPSA) is 181 Å². The molecule has 1 aliphatic carbocycles. The highest BCUT2D eigenvalue weighted by Gasteiger charge is 2.59. The Hall–Kier alpha value is -8.64. The maximum absolute atomic E-state index is 14.7. The van der Waals surface area contributed by atoms with Crippen LogP contribution in [0.25, 0.3) is 0 Å². The molecule has 1 aliphatic heterocycles. The summed E-state index contributed by atoms with van der Waals surface area (Å²) in [6.45, 7) is -0.574. The average Bonchev–Trinajstić information content (AvgIpc) is 3.70. The van der Waals surface area contributed by atoms with Gasteiger partial charge in [0.1, 0.15) is 49.3 Å². The van der Waals surface area contributed by atoms with Crippen LogP contribution >= 0.6 is 0 Å². The zero-order chi connectivity index (χ0) is 57.2. The molecule has 0 bridgehead atoms. The summed E-state index contributed by atoms with van der Waals surface area (Å²) in [7, 11) is 0. The molecule has 0 spiro atoms. The molecule has 1 N–H and O–H groups in total. The van der Waals surface area contributed by atoms with Crippen LogP contribution in [0.15, 0.2) is 243 Å². The lowest BCUT2D eigenvalue weighted by atomic mass is 9.83. The number of hydrogen-bond donors (Lipinski definition) is 1. The third-order valence-corrected chi connectivity index (χ3v) is 14.1. The zero-order valence-corrected chi connectivity index (χ0v) is 45.1. The van der Waals surface area contributed by atoms with Gasteiger partial charge in [-0.25, -0.2) is 19.2 Å². The van der Waals surface area contributed by atoms with E-state index < -0.39 is 97.8 Å². The Morgan fingerprint density at radius 3 is 0.988 bits per heavy atom. The van der Waals surface area contributed by atoms with Crippen molar-refractivity contribution in [3.63, 3.8) is 0 Å². The fourth-order valence-corrected chi connectivity index (χ4v) is 9.92. The summed E-state index contributed by atoms with van der Waals surface area (Å²) in [6, 6.07) is 70.2. The Morgan fingerprint density at radius 1 is 0.325 bits per heavy atom. The third-order valence-electron chi connectivity index (χ3n) is 14.1. The lowest BCUT2D eigenvalue weighted by Gasteiger charge is -2.51. The Labute approximate surface area is 481 Å². The predicted molar refractivity (Wildman–Crippen MR) is 303 cm³/mol. The predicted octanol–water partition coefficient (Wildman–Crippen LogP) is 10.3. The van der Waals surface area contributed by atoms with E-state index >= 15 is 0 Å². The Kier molecular flexibility index (Phi) is 20.0. The second-order valence-electron chi connectivity index (χ2n) is 19.9. The molecule has 83 heavy (non-hydrogen) atoms. The standard InChI is InChI=1S/C68H62O15/c69-55-57(74-41-46-25-9-1-10-26-46)59(76-43-48-29-13-3-14-30-48)60(77-44-49-31-15-4-16-32-49)62(58(55)75-42-47-27-11-2-12-28-47)83-68-63(82-67(73)53-39-23-8-24-40-53)61(81-66(72)52-37-21-7-22-38-52)56(80-65(71)51-35-19-6-20-36-51)54(79-68)45-78-64(70)50-33-17-5-18-34-50/h1-40,54-63,68-69H,41-45H2/t54-,55-,56+,57+,58-,59-,60+,61+,62+,63-,68+/m1/s1. The highest BCUT2D eigenvalue weighted by Crippen LogP contribution is 2.39. The van der Waals surface area contributed by atoms with E-state index in [9.17, 15) is 24.3 Å². The van der Waals surface area contributed by atoms with E-state index in [4.69, 9.17) is 47.4 Å². The van der Waals surface area contributed by atoms with Crippen molar-refractivity contribution < 1.29 is 71.7 Å². The molecule has 1 saturated heterocycles. The van der Waals surface area contributed by atoms with Crippen molar-refractivity contribution in [3.05, 3.63) is 287 Å². The minimum Gasteiger partial charge on any atom is -0.459 e. The van der Waals surface area contributed by atoms with Crippen LogP contribution in [-0.4, -0.2) is 103 Å². The van der Waals surface area contributed by atoms with Crippen molar-refractivity contribution in [2.75, 3.05) is 6.61 Å². The van der Waals surface area contributed by atoms with Crippen LogP contribution in [0.3, 0.4) is 0 Å². The van der Waals surface area contributed by atoms with Crippen molar-refractivity contribution in [1.29, 1.82) is 0 Å². The van der Waals surface area contributed by atoms with Gasteiger partial charge in [-0.3, -0.25) is 0 Å². The van der Waals surface area contributed by atoms with Crippen LogP contribution in [-0.2, 0) is 73.8 Å². The van der Waals surface area contributed by atoms with Crippen LogP contribution in [0.5, 0.6) is 0 Å². The molecule has 1 heterocycles. The van der Waals surface area contributed by atoms with Gasteiger partial charge in [0.2, 0.25) is 0 Å². The first-order valence-corrected chi connectivity index (χ1v) is 27.4. The van der Waals surface area contributed by atoms with Gasteiger partial charge in [-0.1, -0.05) is 194 Å². The summed E-state index contributed by atoms with van der Waals surface area (Å²) in [5.74, 6) is -3.42. The second-order valence-corrected chi connectivity index (χ2v) is 19.9. The van der Waals surface area contributed by atoms with Crippen LogP contribution in [0.4, 0.5) is 0 Å². The van der Waals surface area contributed by atoms with Gasteiger partial charge in [0.05, 0.1) is 48.7 Å². The van der Waals surface area contributed by atoms with Gasteiger partial charge in [0.15, 0.2) is 24.6 Å². The SMILES string of the molecule is O=C(OC[C@H]1O[C@@H](O[C@@H]2[C@@H](OCc3ccccc3)[C@H](OCc3ccccc3)[C@@H](OCc3ccccc3)[C@@H](O)[C@H]2OCc2ccccc2)[C@H](OC(=O)c2ccccc2)[C@@H](OC(=O)c2ccccc2)[C@H]1OC(=O)c1ccccc1)c1ccccc1. The van der Waals surface area contributed by atoms with E-state index in [-0.39, 0.29) is 48.7 Å². The van der Waals surface area contributed by atoms with Gasteiger partial charge >= 0.3 is 23.9 Å². The number of aliphatic hydroxyl groups excluding tert-OH is 1. The largest absolute Gasteiger partial charge is 0.459 e. The molecule has 15 nitrogen and oxygen atoms in total. The summed E-state index contributed by atoms with van der Waals surface area (Å²) >= 11 is 0. The highest BCUT2D eigenvalue weighted by atomic mass is 16.7. The van der Waals surface area contributed by atoms with Gasteiger partial charge in [0.25, 0.3) is 0 Å². The maximum Gasteiger partial charge on any atom is 0.338 e. The number of carbonyl (C=O) groups is 4. The Balaban J connectivity index is 1.12. The number of carbonyl (C=O) groups excluding carboxylic acids is 4. The number of hydrogen-bond acceptors (Lipinski definition) is 15. The van der Waals surface area contributed by atoms with Crippen molar-refractivity contribution in [2.45, 2.75) is 93.8 Å². The minimum atomic E-state index is -1.83. The third kappa shape index (κ3) is 15.3.